The van der Waals surface area contributed by atoms with Gasteiger partial charge in [0.15, 0.2) is 5.16 Å². The molecular formula is C16H17N3O2S2. The van der Waals surface area contributed by atoms with Crippen molar-refractivity contribution in [3.05, 3.63) is 54.6 Å². The van der Waals surface area contributed by atoms with Crippen molar-refractivity contribution in [2.75, 3.05) is 18.6 Å². The third-order valence-electron chi connectivity index (χ3n) is 3.24. The number of sulfonamides is 1. The average molecular weight is 347 g/mol. The van der Waals surface area contributed by atoms with Gasteiger partial charge in [0.05, 0.1) is 17.3 Å². The number of benzene rings is 2. The maximum Gasteiger partial charge on any atom is 0.208 e. The van der Waals surface area contributed by atoms with Crippen LogP contribution in [-0.2, 0) is 10.0 Å². The number of para-hydroxylation sites is 3. The van der Waals surface area contributed by atoms with Crippen LogP contribution < -0.4 is 4.72 Å². The largest absolute Gasteiger partial charge is 0.287 e. The summed E-state index contributed by atoms with van der Waals surface area (Å²) in [6.45, 7) is 0.376. The molecule has 0 bridgehead atoms. The van der Waals surface area contributed by atoms with Gasteiger partial charge in [-0.05, 0) is 24.3 Å². The van der Waals surface area contributed by atoms with Gasteiger partial charge in [-0.25, -0.2) is 18.1 Å². The first-order valence-corrected chi connectivity index (χ1v) is 10.0. The van der Waals surface area contributed by atoms with Crippen molar-refractivity contribution in [2.45, 2.75) is 5.16 Å². The lowest BCUT2D eigenvalue weighted by atomic mass is 10.3. The number of thioether (sulfide) groups is 1. The highest BCUT2D eigenvalue weighted by molar-refractivity contribution is 7.99. The molecule has 3 aromatic rings. The second-order valence-corrected chi connectivity index (χ2v) is 7.96. The van der Waals surface area contributed by atoms with Crippen LogP contribution >= 0.6 is 11.8 Å². The van der Waals surface area contributed by atoms with Crippen molar-refractivity contribution in [1.82, 2.24) is 14.3 Å². The normalized spacial score (nSPS) is 11.9. The Morgan fingerprint density at radius 3 is 2.52 bits per heavy atom. The van der Waals surface area contributed by atoms with Gasteiger partial charge in [0.2, 0.25) is 10.0 Å². The van der Waals surface area contributed by atoms with Crippen LogP contribution in [0.5, 0.6) is 0 Å². The lowest BCUT2D eigenvalue weighted by Gasteiger charge is -2.09. The molecule has 1 N–H and O–H groups in total. The number of nitrogens with zero attached hydrogens (tertiary/aromatic N) is 2. The smallest absolute Gasteiger partial charge is 0.208 e. The second kappa shape index (κ2) is 6.74. The SMILES string of the molecule is CS(=O)(=O)NCCSc1nc2ccccc2n1-c1ccccc1. The number of fused-ring (bicyclic) bond motifs is 1. The molecule has 0 aliphatic carbocycles. The Morgan fingerprint density at radius 2 is 1.78 bits per heavy atom. The Bertz CT molecular complexity index is 905. The molecule has 0 saturated carbocycles. The van der Waals surface area contributed by atoms with E-state index in [1.165, 1.54) is 11.8 Å². The van der Waals surface area contributed by atoms with Crippen LogP contribution in [0.3, 0.4) is 0 Å². The first kappa shape index (κ1) is 16.0. The maximum absolute atomic E-state index is 11.1. The number of nitrogens with one attached hydrogen (secondary N) is 1. The lowest BCUT2D eigenvalue weighted by molar-refractivity contribution is 0.590. The highest BCUT2D eigenvalue weighted by Gasteiger charge is 2.12. The van der Waals surface area contributed by atoms with E-state index in [2.05, 4.69) is 14.3 Å². The van der Waals surface area contributed by atoms with Gasteiger partial charge >= 0.3 is 0 Å². The van der Waals surface area contributed by atoms with E-state index in [1.54, 1.807) is 0 Å². The fraction of sp³-hybridized carbons (Fsp3) is 0.188. The van der Waals surface area contributed by atoms with Crippen LogP contribution in [0.4, 0.5) is 0 Å². The van der Waals surface area contributed by atoms with Crippen LogP contribution in [0, 0.1) is 0 Å². The molecule has 3 rings (SSSR count). The first-order chi connectivity index (χ1) is 11.0. The van der Waals surface area contributed by atoms with E-state index in [9.17, 15) is 8.42 Å². The summed E-state index contributed by atoms with van der Waals surface area (Å²) in [6, 6.07) is 18.0. The van der Waals surface area contributed by atoms with Gasteiger partial charge in [0, 0.05) is 18.0 Å². The Morgan fingerprint density at radius 1 is 1.09 bits per heavy atom. The fourth-order valence-electron chi connectivity index (χ4n) is 2.30. The maximum atomic E-state index is 11.1. The number of hydrogen-bond donors (Lipinski definition) is 1. The van der Waals surface area contributed by atoms with Gasteiger partial charge in [-0.1, -0.05) is 42.1 Å². The first-order valence-electron chi connectivity index (χ1n) is 7.15. The molecule has 0 atom stereocenters. The summed E-state index contributed by atoms with van der Waals surface area (Å²) in [6.07, 6.45) is 1.16. The van der Waals surface area contributed by atoms with E-state index in [0.717, 1.165) is 28.1 Å². The molecule has 0 spiro atoms. The summed E-state index contributed by atoms with van der Waals surface area (Å²) < 4.78 is 26.9. The summed E-state index contributed by atoms with van der Waals surface area (Å²) >= 11 is 1.53. The zero-order chi connectivity index (χ0) is 16.3. The van der Waals surface area contributed by atoms with E-state index in [4.69, 9.17) is 0 Å². The summed E-state index contributed by atoms with van der Waals surface area (Å²) in [7, 11) is -3.16. The third-order valence-corrected chi connectivity index (χ3v) is 4.91. The summed E-state index contributed by atoms with van der Waals surface area (Å²) in [5, 5.41) is 0.854. The fourth-order valence-corrected chi connectivity index (χ4v) is 3.78. The van der Waals surface area contributed by atoms with Gasteiger partial charge in [0.1, 0.15) is 0 Å². The van der Waals surface area contributed by atoms with Crippen molar-refractivity contribution in [1.29, 1.82) is 0 Å². The van der Waals surface area contributed by atoms with E-state index in [0.29, 0.717) is 12.3 Å². The van der Waals surface area contributed by atoms with Gasteiger partial charge in [-0.3, -0.25) is 4.57 Å². The van der Waals surface area contributed by atoms with Crippen LogP contribution in [-0.4, -0.2) is 36.5 Å². The summed E-state index contributed by atoms with van der Waals surface area (Å²) in [5.41, 5.74) is 3.01. The monoisotopic (exact) mass is 347 g/mol. The Kier molecular flexibility index (Phi) is 4.70. The molecule has 1 heterocycles. The highest BCUT2D eigenvalue weighted by Crippen LogP contribution is 2.27. The predicted octanol–water partition coefficient (Wildman–Crippen LogP) is 2.67. The van der Waals surface area contributed by atoms with Gasteiger partial charge in [-0.2, -0.15) is 0 Å². The summed E-state index contributed by atoms with van der Waals surface area (Å²) in [4.78, 5) is 4.67. The van der Waals surface area contributed by atoms with E-state index >= 15 is 0 Å². The Labute approximate surface area is 139 Å². The Hall–Kier alpha value is -1.83. The zero-order valence-electron chi connectivity index (χ0n) is 12.6. The van der Waals surface area contributed by atoms with Gasteiger partial charge in [0.25, 0.3) is 0 Å². The molecule has 0 amide bonds. The molecule has 23 heavy (non-hydrogen) atoms. The van der Waals surface area contributed by atoms with Gasteiger partial charge < -0.3 is 0 Å². The van der Waals surface area contributed by atoms with Crippen LogP contribution in [0.2, 0.25) is 0 Å². The number of imidazole rings is 1. The molecule has 0 saturated heterocycles. The molecule has 0 unspecified atom stereocenters. The Balaban J connectivity index is 1.90. The quantitative estimate of drug-likeness (QED) is 0.550. The van der Waals surface area contributed by atoms with Crippen molar-refractivity contribution in [3.8, 4) is 5.69 Å². The number of hydrogen-bond acceptors (Lipinski definition) is 4. The third kappa shape index (κ3) is 3.93. The summed E-state index contributed by atoms with van der Waals surface area (Å²) in [5.74, 6) is 0.614. The van der Waals surface area contributed by atoms with Crippen molar-refractivity contribution in [3.63, 3.8) is 0 Å². The molecule has 0 radical (unpaired) electrons. The second-order valence-electron chi connectivity index (χ2n) is 5.07. The van der Waals surface area contributed by atoms with Crippen molar-refractivity contribution < 1.29 is 8.42 Å². The highest BCUT2D eigenvalue weighted by atomic mass is 32.2. The molecule has 2 aromatic carbocycles. The van der Waals surface area contributed by atoms with E-state index < -0.39 is 10.0 Å². The molecule has 0 aliphatic heterocycles. The van der Waals surface area contributed by atoms with E-state index in [-0.39, 0.29) is 0 Å². The number of aromatic nitrogens is 2. The molecule has 1 aromatic heterocycles. The molecule has 0 fully saturated rings. The van der Waals surface area contributed by atoms with E-state index in [1.807, 2.05) is 54.6 Å². The van der Waals surface area contributed by atoms with Crippen LogP contribution in [0.25, 0.3) is 16.7 Å². The topological polar surface area (TPSA) is 64.0 Å². The predicted molar refractivity (Wildman–Crippen MR) is 94.6 cm³/mol. The lowest BCUT2D eigenvalue weighted by Crippen LogP contribution is -2.24. The molecule has 5 nitrogen and oxygen atoms in total. The minimum Gasteiger partial charge on any atom is -0.287 e. The van der Waals surface area contributed by atoms with Crippen molar-refractivity contribution in [2.24, 2.45) is 0 Å². The zero-order valence-corrected chi connectivity index (χ0v) is 14.3. The van der Waals surface area contributed by atoms with Crippen molar-refractivity contribution >= 4 is 32.8 Å². The minimum atomic E-state index is -3.16. The molecule has 120 valence electrons. The molecule has 7 heteroatoms. The number of rotatable bonds is 6. The van der Waals surface area contributed by atoms with Crippen LogP contribution in [0.1, 0.15) is 0 Å². The molecule has 0 aliphatic rings. The minimum absolute atomic E-state index is 0.376. The average Bonchev–Trinajstić information content (AvgIpc) is 2.90. The standard InChI is InChI=1S/C16H17N3O2S2/c1-23(20,21)17-11-12-22-16-18-14-9-5-6-10-15(14)19(16)13-7-3-2-4-8-13/h2-10,17H,11-12H2,1H3. The van der Waals surface area contributed by atoms with Crippen LogP contribution in [0.15, 0.2) is 59.8 Å². The van der Waals surface area contributed by atoms with Gasteiger partial charge in [-0.15, -0.1) is 0 Å². The molecular weight excluding hydrogens is 330 g/mol.